The van der Waals surface area contributed by atoms with Gasteiger partial charge in [-0.3, -0.25) is 9.62 Å². The molecule has 1 saturated carbocycles. The largest absolute Gasteiger partial charge is 0.396 e. The first-order chi connectivity index (χ1) is 19.4. The Labute approximate surface area is 239 Å². The minimum atomic E-state index is -3.32. The van der Waals surface area contributed by atoms with Gasteiger partial charge in [-0.25, -0.2) is 8.42 Å². The summed E-state index contributed by atoms with van der Waals surface area (Å²) in [7, 11) is -3.32. The van der Waals surface area contributed by atoms with Crippen LogP contribution in [0.15, 0.2) is 78.9 Å². The van der Waals surface area contributed by atoms with Gasteiger partial charge in [0.2, 0.25) is 10.0 Å². The van der Waals surface area contributed by atoms with Crippen molar-refractivity contribution in [1.82, 2.24) is 4.90 Å². The molecular weight excluding hydrogens is 518 g/mol. The molecule has 0 unspecified atom stereocenters. The van der Waals surface area contributed by atoms with Crippen molar-refractivity contribution in [1.29, 1.82) is 0 Å². The van der Waals surface area contributed by atoms with Crippen molar-refractivity contribution in [2.45, 2.75) is 50.8 Å². The Kier molecular flexibility index (Phi) is 8.94. The second-order valence-corrected chi connectivity index (χ2v) is 13.1. The molecule has 1 aliphatic heterocycles. The van der Waals surface area contributed by atoms with Crippen molar-refractivity contribution >= 4 is 32.5 Å². The average molecular weight is 560 g/mol. The number of aliphatic hydroxyl groups is 1. The van der Waals surface area contributed by atoms with Crippen molar-refractivity contribution in [3.63, 3.8) is 0 Å². The highest BCUT2D eigenvalue weighted by molar-refractivity contribution is 7.93. The molecule has 1 aliphatic carbocycles. The monoisotopic (exact) mass is 559 g/mol. The lowest BCUT2D eigenvalue weighted by Gasteiger charge is -2.38. The number of allylic oxidation sites excluding steroid dienone is 1. The molecule has 7 heteroatoms. The van der Waals surface area contributed by atoms with E-state index in [0.717, 1.165) is 67.7 Å². The van der Waals surface area contributed by atoms with Crippen LogP contribution in [-0.4, -0.2) is 62.5 Å². The second kappa shape index (κ2) is 12.6. The van der Waals surface area contributed by atoms with Crippen molar-refractivity contribution in [3.8, 4) is 0 Å². The molecule has 2 fully saturated rings. The smallest absolute Gasteiger partial charge is 0.235 e. The van der Waals surface area contributed by atoms with E-state index in [1.165, 1.54) is 11.3 Å². The number of nitrogens with one attached hydrogen (secondary N) is 1. The van der Waals surface area contributed by atoms with Crippen LogP contribution in [0.1, 0.15) is 56.2 Å². The summed E-state index contributed by atoms with van der Waals surface area (Å²) >= 11 is 0. The van der Waals surface area contributed by atoms with Crippen molar-refractivity contribution in [3.05, 3.63) is 95.6 Å². The lowest BCUT2D eigenvalue weighted by molar-refractivity contribution is 0.209. The van der Waals surface area contributed by atoms with Crippen molar-refractivity contribution < 1.29 is 13.5 Å². The van der Waals surface area contributed by atoms with Gasteiger partial charge < -0.3 is 10.0 Å². The maximum absolute atomic E-state index is 12.5. The van der Waals surface area contributed by atoms with Gasteiger partial charge in [0.1, 0.15) is 0 Å². The number of anilines is 2. The fraction of sp³-hybridized carbons (Fsp3) is 0.394. The molecule has 3 aromatic rings. The molecule has 40 heavy (non-hydrogen) atoms. The Morgan fingerprint density at radius 2 is 1.45 bits per heavy atom. The molecule has 1 saturated heterocycles. The zero-order valence-electron chi connectivity index (χ0n) is 23.6. The molecule has 2 N–H and O–H groups in total. The summed E-state index contributed by atoms with van der Waals surface area (Å²) in [5.74, 6) is 0. The molecule has 0 atom stereocenters. The van der Waals surface area contributed by atoms with E-state index >= 15 is 0 Å². The minimum Gasteiger partial charge on any atom is -0.396 e. The van der Waals surface area contributed by atoms with Crippen LogP contribution in [0.25, 0.3) is 11.1 Å². The predicted molar refractivity (Wildman–Crippen MR) is 166 cm³/mol. The first-order valence-corrected chi connectivity index (χ1v) is 16.0. The van der Waals surface area contributed by atoms with E-state index in [9.17, 15) is 13.5 Å². The molecular formula is C33H41N3O3S. The summed E-state index contributed by atoms with van der Waals surface area (Å²) in [6.07, 6.45) is 2.85. The first kappa shape index (κ1) is 28.4. The van der Waals surface area contributed by atoms with Crippen LogP contribution in [0.4, 0.5) is 11.4 Å². The van der Waals surface area contributed by atoms with Gasteiger partial charge >= 0.3 is 0 Å². The third-order valence-electron chi connectivity index (χ3n) is 7.97. The highest BCUT2D eigenvalue weighted by Gasteiger charge is 2.35. The fourth-order valence-corrected chi connectivity index (χ4v) is 6.88. The van der Waals surface area contributed by atoms with Crippen LogP contribution >= 0.6 is 0 Å². The van der Waals surface area contributed by atoms with Gasteiger partial charge in [-0.1, -0.05) is 54.6 Å². The van der Waals surface area contributed by atoms with E-state index in [0.29, 0.717) is 18.2 Å². The average Bonchev–Trinajstić information content (AvgIpc) is 3.83. The van der Waals surface area contributed by atoms with Gasteiger partial charge in [0.25, 0.3) is 0 Å². The Bertz CT molecular complexity index is 1390. The Hall–Kier alpha value is -3.13. The van der Waals surface area contributed by atoms with Crippen molar-refractivity contribution in [2.75, 3.05) is 42.4 Å². The molecule has 0 amide bonds. The van der Waals surface area contributed by atoms with Crippen LogP contribution in [0.3, 0.4) is 0 Å². The molecule has 1 heterocycles. The zero-order chi connectivity index (χ0) is 28.1. The fourth-order valence-electron chi connectivity index (χ4n) is 5.49. The number of hydrogen-bond donors (Lipinski definition) is 2. The normalized spacial score (nSPS) is 17.1. The Balaban J connectivity index is 1.50. The maximum atomic E-state index is 12.5. The highest BCUT2D eigenvalue weighted by atomic mass is 32.2. The third-order valence-corrected chi connectivity index (χ3v) is 9.84. The number of benzene rings is 3. The highest BCUT2D eigenvalue weighted by Crippen LogP contribution is 2.37. The van der Waals surface area contributed by atoms with E-state index < -0.39 is 10.0 Å². The summed E-state index contributed by atoms with van der Waals surface area (Å²) in [5, 5.41) is 9.45. The lowest BCUT2D eigenvalue weighted by Crippen LogP contribution is -2.48. The summed E-state index contributed by atoms with van der Waals surface area (Å²) < 4.78 is 27.7. The maximum Gasteiger partial charge on any atom is 0.235 e. The number of sulfonamides is 1. The zero-order valence-corrected chi connectivity index (χ0v) is 24.4. The van der Waals surface area contributed by atoms with Gasteiger partial charge in [0.15, 0.2) is 0 Å². The van der Waals surface area contributed by atoms with E-state index in [1.807, 2.05) is 42.5 Å². The van der Waals surface area contributed by atoms with Crippen LogP contribution in [0, 0.1) is 0 Å². The Morgan fingerprint density at radius 1 is 0.850 bits per heavy atom. The Morgan fingerprint density at radius 3 is 2.00 bits per heavy atom. The molecule has 6 nitrogen and oxygen atoms in total. The van der Waals surface area contributed by atoms with Crippen LogP contribution in [0.5, 0.6) is 0 Å². The number of piperazine rings is 1. The molecule has 0 spiro atoms. The van der Waals surface area contributed by atoms with Gasteiger partial charge in [0.05, 0.1) is 5.25 Å². The minimum absolute atomic E-state index is 0.118. The third kappa shape index (κ3) is 6.77. The number of rotatable bonds is 11. The van der Waals surface area contributed by atoms with Gasteiger partial charge in [0, 0.05) is 50.2 Å². The SMILES string of the molecule is CC(C)N1CCN(c2ccc(/C(=C(/CCCO)c3ccccc3)c3ccc(NS(=O)(=O)C4CC4)cc3)cc2)CC1. The van der Waals surface area contributed by atoms with Gasteiger partial charge in [-0.05, 0) is 91.6 Å². The van der Waals surface area contributed by atoms with Gasteiger partial charge in [-0.15, -0.1) is 0 Å². The van der Waals surface area contributed by atoms with E-state index in [4.69, 9.17) is 0 Å². The van der Waals surface area contributed by atoms with E-state index in [2.05, 4.69) is 64.8 Å². The summed E-state index contributed by atoms with van der Waals surface area (Å²) in [6, 6.07) is 27.5. The quantitative estimate of drug-likeness (QED) is 0.288. The van der Waals surface area contributed by atoms with Crippen LogP contribution in [0.2, 0.25) is 0 Å². The molecule has 0 aromatic heterocycles. The van der Waals surface area contributed by atoms with E-state index in [-0.39, 0.29) is 11.9 Å². The van der Waals surface area contributed by atoms with E-state index in [1.54, 1.807) is 0 Å². The predicted octanol–water partition coefficient (Wildman–Crippen LogP) is 5.85. The van der Waals surface area contributed by atoms with Crippen molar-refractivity contribution in [2.24, 2.45) is 0 Å². The van der Waals surface area contributed by atoms with Gasteiger partial charge in [-0.2, -0.15) is 0 Å². The lowest BCUT2D eigenvalue weighted by atomic mass is 9.87. The molecule has 212 valence electrons. The molecule has 2 aliphatic rings. The molecule has 3 aromatic carbocycles. The molecule has 0 bridgehead atoms. The summed E-state index contributed by atoms with van der Waals surface area (Å²) in [5.41, 5.74) is 7.33. The number of aliphatic hydroxyl groups excluding tert-OH is 1. The molecule has 0 radical (unpaired) electrons. The van der Waals surface area contributed by atoms with Crippen LogP contribution in [-0.2, 0) is 10.0 Å². The topological polar surface area (TPSA) is 72.9 Å². The summed E-state index contributed by atoms with van der Waals surface area (Å²) in [4.78, 5) is 4.98. The second-order valence-electron chi connectivity index (χ2n) is 11.1. The number of hydrogen-bond acceptors (Lipinski definition) is 5. The van der Waals surface area contributed by atoms with Crippen LogP contribution < -0.4 is 9.62 Å². The first-order valence-electron chi connectivity index (χ1n) is 14.5. The number of nitrogens with zero attached hydrogens (tertiary/aromatic N) is 2. The summed E-state index contributed by atoms with van der Waals surface area (Å²) in [6.45, 7) is 8.81. The standard InChI is InChI=1S/C33H41N3O3S/c1-25(2)35-20-22-36(23-21-35)30-16-12-28(13-17-30)33(32(9-6-24-37)26-7-4-3-5-8-26)27-10-14-29(15-11-27)34-40(38,39)31-18-19-31/h3-5,7-8,10-17,25,31,34,37H,6,9,18-24H2,1-2H3/b33-32-. The molecule has 5 rings (SSSR count).